The maximum atomic E-state index is 2.67. The van der Waals surface area contributed by atoms with Gasteiger partial charge in [-0.25, -0.2) is 0 Å². The van der Waals surface area contributed by atoms with Gasteiger partial charge in [0.2, 0.25) is 0 Å². The minimum atomic E-state index is -0.669. The monoisotopic (exact) mass is 544 g/mol. The van der Waals surface area contributed by atoms with Gasteiger partial charge in [-0.15, -0.1) is 0 Å². The molecule has 0 amide bonds. The van der Waals surface area contributed by atoms with Gasteiger partial charge in [-0.05, 0) is 52.9 Å². The summed E-state index contributed by atoms with van der Waals surface area (Å²) in [7, 11) is 3.34. The zero-order valence-electron chi connectivity index (χ0n) is 22.5. The van der Waals surface area contributed by atoms with Gasteiger partial charge in [0.25, 0.3) is 0 Å². The molecule has 0 bridgehead atoms. The molecule has 39 heavy (non-hydrogen) atoms. The topological polar surface area (TPSA) is 6.48 Å². The Labute approximate surface area is 235 Å². The first-order valence-electron chi connectivity index (χ1n) is 13.6. The van der Waals surface area contributed by atoms with Crippen molar-refractivity contribution in [3.8, 4) is 0 Å². The van der Waals surface area contributed by atoms with Gasteiger partial charge in [-0.2, -0.15) is 0 Å². The molecular formula is C35H34N2P2. The fourth-order valence-electron chi connectivity index (χ4n) is 5.87. The van der Waals surface area contributed by atoms with Crippen molar-refractivity contribution in [2.75, 3.05) is 14.1 Å². The van der Waals surface area contributed by atoms with E-state index in [-0.39, 0.29) is 0 Å². The van der Waals surface area contributed by atoms with Gasteiger partial charge in [0, 0.05) is 28.2 Å². The van der Waals surface area contributed by atoms with Crippen LogP contribution < -0.4 is 21.2 Å². The average Bonchev–Trinajstić information content (AvgIpc) is 3.39. The van der Waals surface area contributed by atoms with Crippen molar-refractivity contribution in [1.82, 2.24) is 9.34 Å². The van der Waals surface area contributed by atoms with E-state index in [9.17, 15) is 0 Å². The van der Waals surface area contributed by atoms with Gasteiger partial charge in [0.05, 0.1) is 0 Å². The Bertz CT molecular complexity index is 1290. The Morgan fingerprint density at radius 3 is 0.949 bits per heavy atom. The molecule has 1 aliphatic carbocycles. The van der Waals surface area contributed by atoms with E-state index in [0.717, 1.165) is 6.42 Å². The summed E-state index contributed by atoms with van der Waals surface area (Å²) < 4.78 is 5.33. The Kier molecular flexibility index (Phi) is 8.00. The Morgan fingerprint density at radius 2 is 0.667 bits per heavy atom. The fraction of sp³-hybridized carbons (Fsp3) is 0.143. The van der Waals surface area contributed by atoms with Crippen LogP contribution in [0, 0.1) is 0 Å². The summed E-state index contributed by atoms with van der Waals surface area (Å²) in [6.45, 7) is 0. The second-order valence-electron chi connectivity index (χ2n) is 10.0. The summed E-state index contributed by atoms with van der Waals surface area (Å²) >= 11 is 0. The van der Waals surface area contributed by atoms with E-state index in [4.69, 9.17) is 0 Å². The largest absolute Gasteiger partial charge is 0.270 e. The molecule has 0 saturated carbocycles. The highest BCUT2D eigenvalue weighted by Gasteiger charge is 2.40. The summed E-state index contributed by atoms with van der Waals surface area (Å²) in [4.78, 5) is 0. The Balaban J connectivity index is 1.39. The third-order valence-corrected chi connectivity index (χ3v) is 12.7. The number of fused-ring (bicyclic) bond motifs is 1. The number of hydrogen-bond acceptors (Lipinski definition) is 2. The van der Waals surface area contributed by atoms with Crippen molar-refractivity contribution in [3.63, 3.8) is 0 Å². The van der Waals surface area contributed by atoms with Crippen LogP contribution in [-0.4, -0.2) is 23.4 Å². The molecule has 2 unspecified atom stereocenters. The van der Waals surface area contributed by atoms with E-state index >= 15 is 0 Å². The van der Waals surface area contributed by atoms with E-state index in [1.165, 1.54) is 32.3 Å². The molecule has 5 aromatic carbocycles. The third kappa shape index (κ3) is 5.36. The third-order valence-electron chi connectivity index (χ3n) is 7.70. The molecule has 0 heterocycles. The van der Waals surface area contributed by atoms with E-state index in [1.807, 2.05) is 0 Å². The molecule has 5 aromatic rings. The molecule has 1 aliphatic rings. The van der Waals surface area contributed by atoms with Crippen LogP contribution in [0.1, 0.15) is 29.6 Å². The van der Waals surface area contributed by atoms with Crippen LogP contribution in [0.3, 0.4) is 0 Å². The summed E-state index contributed by atoms with van der Waals surface area (Å²) in [6.07, 6.45) is 1.07. The van der Waals surface area contributed by atoms with Crippen LogP contribution in [0.5, 0.6) is 0 Å². The van der Waals surface area contributed by atoms with Crippen LogP contribution in [0.4, 0.5) is 0 Å². The normalized spacial score (nSPS) is 16.8. The number of rotatable bonds is 8. The van der Waals surface area contributed by atoms with Gasteiger partial charge < -0.3 is 0 Å². The molecule has 0 aromatic heterocycles. The Hall–Kier alpha value is -3.12. The van der Waals surface area contributed by atoms with E-state index in [0.29, 0.717) is 12.1 Å². The molecule has 0 N–H and O–H groups in total. The van der Waals surface area contributed by atoms with Crippen molar-refractivity contribution in [3.05, 3.63) is 157 Å². The maximum Gasteiger partial charge on any atom is 0.0409 e. The molecule has 194 valence electrons. The maximum absolute atomic E-state index is 2.67. The molecule has 0 saturated heterocycles. The SMILES string of the molecule is CN(C1CC(N(C)P(c2ccccc2)c2ccccc2)c2ccccc21)P(c1ccccc1)c1ccccc1. The van der Waals surface area contributed by atoms with Crippen molar-refractivity contribution in [2.45, 2.75) is 18.5 Å². The number of nitrogens with zero attached hydrogens (tertiary/aromatic N) is 2. The highest BCUT2D eigenvalue weighted by atomic mass is 31.1. The predicted octanol–water partition coefficient (Wildman–Crippen LogP) is 7.13. The molecule has 2 nitrogen and oxygen atoms in total. The molecule has 0 radical (unpaired) electrons. The quantitative estimate of drug-likeness (QED) is 0.192. The van der Waals surface area contributed by atoms with E-state index in [1.54, 1.807) is 0 Å². The van der Waals surface area contributed by atoms with Gasteiger partial charge >= 0.3 is 0 Å². The van der Waals surface area contributed by atoms with Crippen molar-refractivity contribution in [2.24, 2.45) is 0 Å². The molecule has 0 aliphatic heterocycles. The van der Waals surface area contributed by atoms with Crippen LogP contribution in [-0.2, 0) is 0 Å². The number of benzene rings is 5. The van der Waals surface area contributed by atoms with Gasteiger partial charge in [0.1, 0.15) is 0 Å². The Morgan fingerprint density at radius 1 is 0.410 bits per heavy atom. The van der Waals surface area contributed by atoms with Crippen LogP contribution in [0.25, 0.3) is 0 Å². The standard InChI is InChI=1S/C35H34N2P2/c1-36(38(28-17-7-3-8-18-28)29-19-9-4-10-20-29)34-27-35(33-26-16-15-25-32(33)34)37(2)39(30-21-11-5-12-22-30)31-23-13-6-14-24-31/h3-26,34-35H,27H2,1-2H3. The van der Waals surface area contributed by atoms with Crippen molar-refractivity contribution < 1.29 is 0 Å². The zero-order valence-corrected chi connectivity index (χ0v) is 24.3. The summed E-state index contributed by atoms with van der Waals surface area (Å²) in [5.74, 6) is 0. The highest BCUT2D eigenvalue weighted by Crippen LogP contribution is 2.55. The lowest BCUT2D eigenvalue weighted by atomic mass is 10.1. The second kappa shape index (κ2) is 12.0. The second-order valence-corrected chi connectivity index (χ2v) is 14.6. The molecule has 6 rings (SSSR count). The average molecular weight is 545 g/mol. The van der Waals surface area contributed by atoms with Gasteiger partial charge in [-0.1, -0.05) is 146 Å². The van der Waals surface area contributed by atoms with Crippen LogP contribution >= 0.6 is 16.1 Å². The van der Waals surface area contributed by atoms with Gasteiger partial charge in [-0.3, -0.25) is 9.34 Å². The minimum absolute atomic E-state index is 0.337. The first-order chi connectivity index (χ1) is 19.2. The summed E-state index contributed by atoms with van der Waals surface area (Å²) in [5, 5.41) is 5.58. The smallest absolute Gasteiger partial charge is 0.0409 e. The van der Waals surface area contributed by atoms with E-state index < -0.39 is 16.1 Å². The van der Waals surface area contributed by atoms with Crippen LogP contribution in [0.2, 0.25) is 0 Å². The highest BCUT2D eigenvalue weighted by molar-refractivity contribution is 7.71. The fourth-order valence-corrected chi connectivity index (χ4v) is 10.7. The lowest BCUT2D eigenvalue weighted by Gasteiger charge is -2.36. The first kappa shape index (κ1) is 26.1. The van der Waals surface area contributed by atoms with Crippen molar-refractivity contribution in [1.29, 1.82) is 0 Å². The predicted molar refractivity (Wildman–Crippen MR) is 170 cm³/mol. The molecule has 0 fully saturated rings. The minimum Gasteiger partial charge on any atom is -0.270 e. The molecule has 0 spiro atoms. The molecular weight excluding hydrogens is 510 g/mol. The zero-order chi connectivity index (χ0) is 26.6. The summed E-state index contributed by atoms with van der Waals surface area (Å²) in [6, 6.07) is 54.1. The number of hydrogen-bond donors (Lipinski definition) is 0. The van der Waals surface area contributed by atoms with Crippen LogP contribution in [0.15, 0.2) is 146 Å². The molecule has 4 heteroatoms. The van der Waals surface area contributed by atoms with E-state index in [2.05, 4.69) is 169 Å². The first-order valence-corrected chi connectivity index (χ1v) is 16.2. The lowest BCUT2D eigenvalue weighted by molar-refractivity contribution is 0.327. The molecule has 2 atom stereocenters. The summed E-state index contributed by atoms with van der Waals surface area (Å²) in [5.41, 5.74) is 2.93. The lowest BCUT2D eigenvalue weighted by Crippen LogP contribution is -2.30. The van der Waals surface area contributed by atoms with Gasteiger partial charge in [0.15, 0.2) is 0 Å². The van der Waals surface area contributed by atoms with Crippen molar-refractivity contribution >= 4 is 37.4 Å².